The molecule has 22 heavy (non-hydrogen) atoms. The van der Waals surface area contributed by atoms with Gasteiger partial charge < -0.3 is 5.32 Å². The summed E-state index contributed by atoms with van der Waals surface area (Å²) >= 11 is 4.95. The SMILES string of the molecule is CNC(=S)NNC(=O)c1cc(CC(C)C)nc2ccccc12. The van der Waals surface area contributed by atoms with E-state index in [4.69, 9.17) is 12.2 Å². The molecule has 1 amide bonds. The number of hydrogen-bond donors (Lipinski definition) is 3. The molecule has 116 valence electrons. The first kappa shape index (κ1) is 16.2. The van der Waals surface area contributed by atoms with E-state index in [0.29, 0.717) is 16.6 Å². The standard InChI is InChI=1S/C16H20N4OS/c1-10(2)8-11-9-13(15(21)19-20-16(22)17-3)12-6-4-5-7-14(12)18-11/h4-7,9-10H,8H2,1-3H3,(H,19,21)(H2,17,20,22). The largest absolute Gasteiger partial charge is 0.364 e. The number of carbonyl (C=O) groups is 1. The second-order valence-electron chi connectivity index (χ2n) is 5.43. The number of hydrogen-bond acceptors (Lipinski definition) is 3. The Labute approximate surface area is 135 Å². The van der Waals surface area contributed by atoms with E-state index < -0.39 is 0 Å². The van der Waals surface area contributed by atoms with Gasteiger partial charge in [0.05, 0.1) is 11.1 Å². The number of pyridine rings is 1. The van der Waals surface area contributed by atoms with Crippen molar-refractivity contribution in [1.82, 2.24) is 21.2 Å². The summed E-state index contributed by atoms with van der Waals surface area (Å²) in [5.74, 6) is 0.237. The normalized spacial score (nSPS) is 10.5. The Hall–Kier alpha value is -2.21. The second-order valence-corrected chi connectivity index (χ2v) is 5.84. The van der Waals surface area contributed by atoms with Crippen LogP contribution in [0.1, 0.15) is 29.9 Å². The summed E-state index contributed by atoms with van der Waals surface area (Å²) in [5.41, 5.74) is 7.58. The van der Waals surface area contributed by atoms with Gasteiger partial charge in [0, 0.05) is 18.1 Å². The number of nitrogens with one attached hydrogen (secondary N) is 3. The summed E-state index contributed by atoms with van der Waals surface area (Å²) in [6.45, 7) is 4.26. The molecule has 0 saturated heterocycles. The van der Waals surface area contributed by atoms with Gasteiger partial charge in [0.25, 0.3) is 5.91 Å². The molecular formula is C16H20N4OS. The summed E-state index contributed by atoms with van der Waals surface area (Å²) < 4.78 is 0. The quantitative estimate of drug-likeness (QED) is 0.598. The molecule has 1 aromatic carbocycles. The van der Waals surface area contributed by atoms with E-state index in [1.165, 1.54) is 0 Å². The maximum absolute atomic E-state index is 12.4. The van der Waals surface area contributed by atoms with Gasteiger partial charge in [-0.05, 0) is 36.7 Å². The first-order valence-electron chi connectivity index (χ1n) is 7.18. The number of amides is 1. The molecule has 0 aliphatic heterocycles. The third kappa shape index (κ3) is 3.92. The molecule has 0 unspecified atom stereocenters. The summed E-state index contributed by atoms with van der Waals surface area (Å²) in [7, 11) is 1.68. The molecule has 0 bridgehead atoms. The van der Waals surface area contributed by atoms with Crippen molar-refractivity contribution in [1.29, 1.82) is 0 Å². The number of para-hydroxylation sites is 1. The molecule has 0 aliphatic rings. The zero-order valence-electron chi connectivity index (χ0n) is 12.9. The van der Waals surface area contributed by atoms with Crippen LogP contribution in [0.2, 0.25) is 0 Å². The third-order valence-electron chi connectivity index (χ3n) is 3.15. The maximum atomic E-state index is 12.4. The van der Waals surface area contributed by atoms with Crippen molar-refractivity contribution in [3.05, 3.63) is 41.6 Å². The topological polar surface area (TPSA) is 66.0 Å². The number of fused-ring (bicyclic) bond motifs is 1. The van der Waals surface area contributed by atoms with Gasteiger partial charge in [-0.3, -0.25) is 20.6 Å². The Morgan fingerprint density at radius 2 is 2.00 bits per heavy atom. The highest BCUT2D eigenvalue weighted by atomic mass is 32.1. The van der Waals surface area contributed by atoms with E-state index in [9.17, 15) is 4.79 Å². The van der Waals surface area contributed by atoms with E-state index in [1.54, 1.807) is 7.05 Å². The smallest absolute Gasteiger partial charge is 0.270 e. The minimum Gasteiger partial charge on any atom is -0.364 e. The van der Waals surface area contributed by atoms with Crippen LogP contribution in [-0.2, 0) is 6.42 Å². The minimum atomic E-state index is -0.235. The highest BCUT2D eigenvalue weighted by Crippen LogP contribution is 2.19. The number of aromatic nitrogens is 1. The number of hydrazine groups is 1. The van der Waals surface area contributed by atoms with Crippen molar-refractivity contribution in [2.75, 3.05) is 7.05 Å². The highest BCUT2D eigenvalue weighted by Gasteiger charge is 2.13. The average molecular weight is 316 g/mol. The summed E-state index contributed by atoms with van der Waals surface area (Å²) in [6, 6.07) is 9.48. The number of benzene rings is 1. The first-order valence-corrected chi connectivity index (χ1v) is 7.58. The van der Waals surface area contributed by atoms with Crippen molar-refractivity contribution < 1.29 is 4.79 Å². The lowest BCUT2D eigenvalue weighted by atomic mass is 10.0. The molecule has 3 N–H and O–H groups in total. The van der Waals surface area contributed by atoms with E-state index in [-0.39, 0.29) is 5.91 Å². The van der Waals surface area contributed by atoms with Crippen LogP contribution in [0.4, 0.5) is 0 Å². The Morgan fingerprint density at radius 1 is 1.27 bits per heavy atom. The van der Waals surface area contributed by atoms with Gasteiger partial charge >= 0.3 is 0 Å². The van der Waals surface area contributed by atoms with Crippen LogP contribution in [-0.4, -0.2) is 23.1 Å². The van der Waals surface area contributed by atoms with E-state index in [2.05, 4.69) is 35.0 Å². The average Bonchev–Trinajstić information content (AvgIpc) is 2.50. The van der Waals surface area contributed by atoms with Crippen molar-refractivity contribution in [2.24, 2.45) is 5.92 Å². The van der Waals surface area contributed by atoms with Gasteiger partial charge in [0.15, 0.2) is 5.11 Å². The molecule has 1 aromatic heterocycles. The highest BCUT2D eigenvalue weighted by molar-refractivity contribution is 7.80. The van der Waals surface area contributed by atoms with Gasteiger partial charge in [-0.2, -0.15) is 0 Å². The predicted octanol–water partition coefficient (Wildman–Crippen LogP) is 2.17. The fourth-order valence-electron chi connectivity index (χ4n) is 2.18. The molecular weight excluding hydrogens is 296 g/mol. The Balaban J connectivity index is 2.37. The molecule has 0 fully saturated rings. The van der Waals surface area contributed by atoms with E-state index in [1.807, 2.05) is 30.3 Å². The summed E-state index contributed by atoms with van der Waals surface area (Å²) in [4.78, 5) is 17.1. The van der Waals surface area contributed by atoms with Gasteiger partial charge in [-0.1, -0.05) is 32.0 Å². The zero-order valence-corrected chi connectivity index (χ0v) is 13.8. The first-order chi connectivity index (χ1) is 10.5. The van der Waals surface area contributed by atoms with Crippen LogP contribution in [0.5, 0.6) is 0 Å². The summed E-state index contributed by atoms with van der Waals surface area (Å²) in [5, 5.41) is 3.92. The van der Waals surface area contributed by atoms with E-state index in [0.717, 1.165) is 23.0 Å². The van der Waals surface area contributed by atoms with Gasteiger partial charge in [-0.25, -0.2) is 0 Å². The molecule has 2 rings (SSSR count). The summed E-state index contributed by atoms with van der Waals surface area (Å²) in [6.07, 6.45) is 0.827. The number of nitrogens with zero attached hydrogens (tertiary/aromatic N) is 1. The fraction of sp³-hybridized carbons (Fsp3) is 0.312. The molecule has 6 heteroatoms. The minimum absolute atomic E-state index is 0.235. The van der Waals surface area contributed by atoms with Crippen molar-refractivity contribution in [3.63, 3.8) is 0 Å². The predicted molar refractivity (Wildman–Crippen MR) is 92.5 cm³/mol. The Kier molecular flexibility index (Phi) is 5.27. The fourth-order valence-corrected chi connectivity index (χ4v) is 2.24. The molecule has 0 saturated carbocycles. The third-order valence-corrected chi connectivity index (χ3v) is 3.45. The van der Waals surface area contributed by atoms with Crippen LogP contribution >= 0.6 is 12.2 Å². The van der Waals surface area contributed by atoms with Crippen molar-refractivity contribution in [3.8, 4) is 0 Å². The van der Waals surface area contributed by atoms with Crippen LogP contribution in [0, 0.1) is 5.92 Å². The Morgan fingerprint density at radius 3 is 2.68 bits per heavy atom. The van der Waals surface area contributed by atoms with Gasteiger partial charge in [0.2, 0.25) is 0 Å². The van der Waals surface area contributed by atoms with Crippen LogP contribution < -0.4 is 16.2 Å². The van der Waals surface area contributed by atoms with Crippen LogP contribution in [0.15, 0.2) is 30.3 Å². The maximum Gasteiger partial charge on any atom is 0.270 e. The molecule has 2 aromatic rings. The number of thiocarbonyl (C=S) groups is 1. The van der Waals surface area contributed by atoms with Gasteiger partial charge in [0.1, 0.15) is 0 Å². The molecule has 1 heterocycles. The zero-order chi connectivity index (χ0) is 16.1. The lowest BCUT2D eigenvalue weighted by Crippen LogP contribution is -2.45. The molecule has 0 aliphatic carbocycles. The van der Waals surface area contributed by atoms with Crippen LogP contribution in [0.25, 0.3) is 10.9 Å². The second kappa shape index (κ2) is 7.17. The van der Waals surface area contributed by atoms with Crippen LogP contribution in [0.3, 0.4) is 0 Å². The number of carbonyl (C=O) groups excluding carboxylic acids is 1. The van der Waals surface area contributed by atoms with E-state index >= 15 is 0 Å². The monoisotopic (exact) mass is 316 g/mol. The Bertz CT molecular complexity index is 700. The van der Waals surface area contributed by atoms with Crippen molar-refractivity contribution in [2.45, 2.75) is 20.3 Å². The molecule has 0 atom stereocenters. The lowest BCUT2D eigenvalue weighted by Gasteiger charge is -2.12. The lowest BCUT2D eigenvalue weighted by molar-refractivity contribution is 0.0945. The molecule has 0 spiro atoms. The van der Waals surface area contributed by atoms with Gasteiger partial charge in [-0.15, -0.1) is 0 Å². The molecule has 0 radical (unpaired) electrons. The van der Waals surface area contributed by atoms with Crippen molar-refractivity contribution >= 4 is 34.1 Å². The molecule has 5 nitrogen and oxygen atoms in total. The number of rotatable bonds is 3.